The molecule has 0 unspecified atom stereocenters. The number of carbonyl (C=O) groups excluding carboxylic acids is 1. The molecule has 0 spiro atoms. The van der Waals surface area contributed by atoms with E-state index in [0.29, 0.717) is 12.1 Å². The number of nitriles is 1. The van der Waals surface area contributed by atoms with Gasteiger partial charge in [-0.25, -0.2) is 9.18 Å². The molecule has 0 saturated carbocycles. The molecule has 1 N–H and O–H groups in total. The summed E-state index contributed by atoms with van der Waals surface area (Å²) in [6.07, 6.45) is 2.34. The van der Waals surface area contributed by atoms with Crippen molar-refractivity contribution in [2.24, 2.45) is 0 Å². The Hall–Kier alpha value is -2.13. The summed E-state index contributed by atoms with van der Waals surface area (Å²) < 4.78 is 18.9. The van der Waals surface area contributed by atoms with Crippen LogP contribution in [0.25, 0.3) is 0 Å². The van der Waals surface area contributed by atoms with E-state index in [1.807, 2.05) is 6.92 Å². The fourth-order valence-corrected chi connectivity index (χ4v) is 2.75. The number of amides is 1. The molecule has 1 aliphatic heterocycles. The highest BCUT2D eigenvalue weighted by molar-refractivity contribution is 5.68. The Balaban J connectivity index is 1.95. The summed E-state index contributed by atoms with van der Waals surface area (Å²) in [4.78, 5) is 14.1. The minimum atomic E-state index is -0.593. The van der Waals surface area contributed by atoms with Gasteiger partial charge >= 0.3 is 6.09 Å². The lowest BCUT2D eigenvalue weighted by atomic mass is 10.1. The molecule has 0 atom stereocenters. The largest absolute Gasteiger partial charge is 0.445 e. The number of ether oxygens (including phenoxy) is 1. The average molecular weight is 319 g/mol. The van der Waals surface area contributed by atoms with Crippen LogP contribution in [0.5, 0.6) is 0 Å². The normalized spacial score (nSPS) is 15.0. The lowest BCUT2D eigenvalue weighted by Gasteiger charge is -2.33. The highest BCUT2D eigenvalue weighted by Crippen LogP contribution is 2.16. The second-order valence-corrected chi connectivity index (χ2v) is 5.66. The van der Waals surface area contributed by atoms with E-state index in [0.717, 1.165) is 32.4 Å². The number of carbonyl (C=O) groups is 1. The summed E-state index contributed by atoms with van der Waals surface area (Å²) >= 11 is 0. The number of nitrogens with one attached hydrogen (secondary N) is 1. The molecule has 0 radical (unpaired) electrons. The zero-order chi connectivity index (χ0) is 16.7. The van der Waals surface area contributed by atoms with Crippen molar-refractivity contribution in [2.75, 3.05) is 19.6 Å². The smallest absolute Gasteiger partial charge is 0.410 e. The Labute approximate surface area is 136 Å². The maximum atomic E-state index is 13.6. The van der Waals surface area contributed by atoms with Gasteiger partial charge in [0.05, 0.1) is 5.56 Å². The molecule has 0 bridgehead atoms. The molecule has 23 heavy (non-hydrogen) atoms. The topological polar surface area (TPSA) is 65.4 Å². The highest BCUT2D eigenvalue weighted by Gasteiger charge is 2.25. The third-order valence-electron chi connectivity index (χ3n) is 3.96. The molecule has 1 fully saturated rings. The minimum absolute atomic E-state index is 0.00659. The van der Waals surface area contributed by atoms with Crippen molar-refractivity contribution in [3.8, 4) is 6.07 Å². The monoisotopic (exact) mass is 319 g/mol. The van der Waals surface area contributed by atoms with Crippen molar-refractivity contribution in [3.05, 3.63) is 35.1 Å². The first-order chi connectivity index (χ1) is 11.2. The van der Waals surface area contributed by atoms with E-state index in [1.54, 1.807) is 17.0 Å². The Morgan fingerprint density at radius 1 is 1.48 bits per heavy atom. The number of nitrogens with zero attached hydrogens (tertiary/aromatic N) is 2. The van der Waals surface area contributed by atoms with Gasteiger partial charge in [-0.15, -0.1) is 0 Å². The van der Waals surface area contributed by atoms with Crippen LogP contribution in [0.1, 0.15) is 37.3 Å². The first-order valence-electron chi connectivity index (χ1n) is 7.98. The zero-order valence-electron chi connectivity index (χ0n) is 13.3. The van der Waals surface area contributed by atoms with E-state index in [1.165, 1.54) is 12.1 Å². The van der Waals surface area contributed by atoms with Crippen molar-refractivity contribution in [1.29, 1.82) is 5.26 Å². The van der Waals surface area contributed by atoms with Gasteiger partial charge in [0, 0.05) is 12.6 Å². The van der Waals surface area contributed by atoms with Gasteiger partial charge in [0.25, 0.3) is 0 Å². The molecule has 0 aliphatic carbocycles. The second-order valence-electron chi connectivity index (χ2n) is 5.66. The number of rotatable bonds is 5. The average Bonchev–Trinajstić information content (AvgIpc) is 2.58. The molecule has 1 aliphatic rings. The van der Waals surface area contributed by atoms with Crippen molar-refractivity contribution >= 4 is 6.09 Å². The fraction of sp³-hybridized carbons (Fsp3) is 0.529. The molecule has 1 amide bonds. The Kier molecular flexibility index (Phi) is 6.36. The molecule has 6 heteroatoms. The lowest BCUT2D eigenvalue weighted by Crippen LogP contribution is -2.46. The van der Waals surface area contributed by atoms with Crippen LogP contribution in [-0.4, -0.2) is 36.7 Å². The molecular formula is C17H22FN3O2. The Morgan fingerprint density at radius 2 is 2.22 bits per heavy atom. The molecule has 1 aromatic carbocycles. The van der Waals surface area contributed by atoms with Gasteiger partial charge in [0.1, 0.15) is 18.5 Å². The van der Waals surface area contributed by atoms with Gasteiger partial charge in [-0.2, -0.15) is 5.26 Å². The number of hydrogen-bond acceptors (Lipinski definition) is 4. The number of benzene rings is 1. The van der Waals surface area contributed by atoms with Crippen LogP contribution < -0.4 is 5.32 Å². The highest BCUT2D eigenvalue weighted by atomic mass is 19.1. The van der Waals surface area contributed by atoms with Crippen LogP contribution in [0, 0.1) is 17.1 Å². The van der Waals surface area contributed by atoms with Crippen molar-refractivity contribution in [2.45, 2.75) is 38.8 Å². The van der Waals surface area contributed by atoms with Crippen LogP contribution in [0.2, 0.25) is 0 Å². The number of halogens is 1. The predicted octanol–water partition coefficient (Wildman–Crippen LogP) is 2.80. The Bertz CT molecular complexity index is 580. The maximum Gasteiger partial charge on any atom is 0.410 e. The van der Waals surface area contributed by atoms with Gasteiger partial charge in [-0.3, -0.25) is 0 Å². The number of piperidine rings is 1. The van der Waals surface area contributed by atoms with E-state index in [9.17, 15) is 9.18 Å². The third kappa shape index (κ3) is 4.67. The lowest BCUT2D eigenvalue weighted by molar-refractivity contribution is 0.0733. The molecule has 2 rings (SSSR count). The molecule has 0 aromatic heterocycles. The predicted molar refractivity (Wildman–Crippen MR) is 84.2 cm³/mol. The molecular weight excluding hydrogens is 297 g/mol. The van der Waals surface area contributed by atoms with Crippen molar-refractivity contribution < 1.29 is 13.9 Å². The van der Waals surface area contributed by atoms with Gasteiger partial charge < -0.3 is 15.0 Å². The van der Waals surface area contributed by atoms with E-state index in [-0.39, 0.29) is 24.3 Å². The van der Waals surface area contributed by atoms with Crippen LogP contribution in [0.4, 0.5) is 9.18 Å². The first-order valence-corrected chi connectivity index (χ1v) is 7.98. The fourth-order valence-electron chi connectivity index (χ4n) is 2.75. The maximum absolute atomic E-state index is 13.6. The van der Waals surface area contributed by atoms with Gasteiger partial charge in [-0.05, 0) is 50.0 Å². The summed E-state index contributed by atoms with van der Waals surface area (Å²) in [6.45, 7) is 4.49. The van der Waals surface area contributed by atoms with Crippen LogP contribution in [-0.2, 0) is 11.3 Å². The van der Waals surface area contributed by atoms with Crippen molar-refractivity contribution in [1.82, 2.24) is 10.2 Å². The molecule has 1 aromatic rings. The molecule has 5 nitrogen and oxygen atoms in total. The summed E-state index contributed by atoms with van der Waals surface area (Å²) in [5.41, 5.74) is 0.527. The van der Waals surface area contributed by atoms with Crippen molar-refractivity contribution in [3.63, 3.8) is 0 Å². The quantitative estimate of drug-likeness (QED) is 0.906. The van der Waals surface area contributed by atoms with Gasteiger partial charge in [0.15, 0.2) is 0 Å². The first kappa shape index (κ1) is 17.2. The zero-order valence-corrected chi connectivity index (χ0v) is 13.3. The van der Waals surface area contributed by atoms with E-state index in [2.05, 4.69) is 5.32 Å². The molecule has 1 saturated heterocycles. The van der Waals surface area contributed by atoms with E-state index < -0.39 is 5.82 Å². The number of hydrogen-bond donors (Lipinski definition) is 1. The van der Waals surface area contributed by atoms with Gasteiger partial charge in [0.2, 0.25) is 0 Å². The van der Waals surface area contributed by atoms with E-state index >= 15 is 0 Å². The van der Waals surface area contributed by atoms with Crippen LogP contribution in [0.3, 0.4) is 0 Å². The van der Waals surface area contributed by atoms with Crippen LogP contribution in [0.15, 0.2) is 18.2 Å². The molecule has 124 valence electrons. The molecule has 1 heterocycles. The van der Waals surface area contributed by atoms with E-state index in [4.69, 9.17) is 10.00 Å². The summed E-state index contributed by atoms with van der Waals surface area (Å²) in [6, 6.07) is 6.20. The summed E-state index contributed by atoms with van der Waals surface area (Å²) in [5.74, 6) is -0.593. The van der Waals surface area contributed by atoms with Gasteiger partial charge in [-0.1, -0.05) is 13.0 Å². The standard InChI is InChI=1S/C17H22FN3O2/c1-2-9-21(15-5-7-20-8-6-15)17(22)23-12-13-3-4-14(11-19)16(18)10-13/h3-4,10,15,20H,2,5-9,12H2,1H3. The minimum Gasteiger partial charge on any atom is -0.445 e. The summed E-state index contributed by atoms with van der Waals surface area (Å²) in [7, 11) is 0. The van der Waals surface area contributed by atoms with Crippen LogP contribution >= 0.6 is 0 Å². The SMILES string of the molecule is CCCN(C(=O)OCc1ccc(C#N)c(F)c1)C1CCNCC1. The Morgan fingerprint density at radius 3 is 2.83 bits per heavy atom. The second kappa shape index (κ2) is 8.49. The summed E-state index contributed by atoms with van der Waals surface area (Å²) in [5, 5.41) is 12.0. The third-order valence-corrected chi connectivity index (χ3v) is 3.96.